The quantitative estimate of drug-likeness (QED) is 0.819. The molecule has 0 aliphatic heterocycles. The van der Waals surface area contributed by atoms with Gasteiger partial charge in [-0.2, -0.15) is 13.2 Å². The van der Waals surface area contributed by atoms with Crippen molar-refractivity contribution in [1.29, 1.82) is 0 Å². The van der Waals surface area contributed by atoms with E-state index in [0.717, 1.165) is 18.2 Å². The van der Waals surface area contributed by atoms with Crippen molar-refractivity contribution in [2.75, 3.05) is 12.4 Å². The number of benzene rings is 2. The first-order valence-corrected chi connectivity index (χ1v) is 6.84. The zero-order valence-corrected chi connectivity index (χ0v) is 12.6. The van der Waals surface area contributed by atoms with Gasteiger partial charge in [0, 0.05) is 18.3 Å². The molecular formula is C16H14F4N2O2. The van der Waals surface area contributed by atoms with E-state index < -0.39 is 23.6 Å². The van der Waals surface area contributed by atoms with Crippen LogP contribution in [0.3, 0.4) is 0 Å². The van der Waals surface area contributed by atoms with Crippen LogP contribution < -0.4 is 15.4 Å². The van der Waals surface area contributed by atoms with Gasteiger partial charge < -0.3 is 15.4 Å². The van der Waals surface area contributed by atoms with E-state index in [4.69, 9.17) is 4.74 Å². The van der Waals surface area contributed by atoms with E-state index in [1.807, 2.05) is 0 Å². The van der Waals surface area contributed by atoms with Gasteiger partial charge in [0.05, 0.1) is 12.7 Å². The number of anilines is 1. The van der Waals surface area contributed by atoms with Crippen molar-refractivity contribution in [3.63, 3.8) is 0 Å². The van der Waals surface area contributed by atoms with Crippen LogP contribution in [0.25, 0.3) is 0 Å². The highest BCUT2D eigenvalue weighted by Gasteiger charge is 2.30. The number of halogens is 4. The summed E-state index contributed by atoms with van der Waals surface area (Å²) in [7, 11) is 1.31. The molecule has 0 aliphatic rings. The molecule has 2 amide bonds. The van der Waals surface area contributed by atoms with Gasteiger partial charge in [0.25, 0.3) is 0 Å². The molecule has 24 heavy (non-hydrogen) atoms. The topological polar surface area (TPSA) is 50.4 Å². The van der Waals surface area contributed by atoms with Crippen molar-refractivity contribution < 1.29 is 27.1 Å². The van der Waals surface area contributed by atoms with E-state index in [-0.39, 0.29) is 18.0 Å². The molecule has 0 fully saturated rings. The molecule has 0 spiro atoms. The monoisotopic (exact) mass is 342 g/mol. The molecule has 0 aliphatic carbocycles. The average Bonchev–Trinajstić information content (AvgIpc) is 2.53. The molecule has 0 bridgehead atoms. The Hall–Kier alpha value is -2.77. The molecule has 0 unspecified atom stereocenters. The number of alkyl halides is 3. The van der Waals surface area contributed by atoms with Crippen LogP contribution in [0.5, 0.6) is 5.75 Å². The molecule has 8 heteroatoms. The van der Waals surface area contributed by atoms with Gasteiger partial charge in [-0.15, -0.1) is 0 Å². The number of urea groups is 1. The van der Waals surface area contributed by atoms with E-state index in [1.54, 1.807) is 0 Å². The van der Waals surface area contributed by atoms with Crippen molar-refractivity contribution in [1.82, 2.24) is 5.32 Å². The number of carbonyl (C=O) groups is 1. The minimum atomic E-state index is -4.45. The summed E-state index contributed by atoms with van der Waals surface area (Å²) in [5, 5.41) is 4.78. The summed E-state index contributed by atoms with van der Waals surface area (Å²) in [5.74, 6) is -0.613. The number of hydrogen-bond acceptors (Lipinski definition) is 2. The predicted molar refractivity (Wildman–Crippen MR) is 80.3 cm³/mol. The second-order valence-electron chi connectivity index (χ2n) is 4.86. The van der Waals surface area contributed by atoms with Crippen LogP contribution in [0.15, 0.2) is 42.5 Å². The molecule has 0 radical (unpaired) electrons. The Labute approximate surface area is 135 Å². The lowest BCUT2D eigenvalue weighted by atomic mass is 10.1. The molecule has 2 aromatic carbocycles. The molecule has 4 nitrogen and oxygen atoms in total. The number of nitrogens with one attached hydrogen (secondary N) is 2. The Balaban J connectivity index is 1.95. The summed E-state index contributed by atoms with van der Waals surface area (Å²) in [6.45, 7) is -0.103. The molecule has 0 saturated carbocycles. The first-order valence-electron chi connectivity index (χ1n) is 6.84. The summed E-state index contributed by atoms with van der Waals surface area (Å²) in [6, 6.07) is 7.81. The van der Waals surface area contributed by atoms with Crippen LogP contribution in [-0.4, -0.2) is 13.1 Å². The van der Waals surface area contributed by atoms with Crippen LogP contribution in [0.2, 0.25) is 0 Å². The summed E-state index contributed by atoms with van der Waals surface area (Å²) >= 11 is 0. The summed E-state index contributed by atoms with van der Waals surface area (Å²) in [4.78, 5) is 11.7. The van der Waals surface area contributed by atoms with Crippen LogP contribution in [-0.2, 0) is 12.7 Å². The third-order valence-corrected chi connectivity index (χ3v) is 3.12. The first kappa shape index (κ1) is 17.6. The van der Waals surface area contributed by atoms with Gasteiger partial charge in [-0.05, 0) is 29.8 Å². The van der Waals surface area contributed by atoms with Crippen LogP contribution >= 0.6 is 0 Å². The van der Waals surface area contributed by atoms with Crippen molar-refractivity contribution in [3.05, 3.63) is 59.4 Å². The highest BCUT2D eigenvalue weighted by molar-refractivity contribution is 5.89. The van der Waals surface area contributed by atoms with Crippen LogP contribution in [0, 0.1) is 5.82 Å². The number of carbonyl (C=O) groups excluding carboxylic acids is 1. The first-order chi connectivity index (χ1) is 11.3. The number of rotatable bonds is 4. The van der Waals surface area contributed by atoms with Crippen molar-refractivity contribution in [2.45, 2.75) is 12.7 Å². The third-order valence-electron chi connectivity index (χ3n) is 3.12. The van der Waals surface area contributed by atoms with Crippen molar-refractivity contribution >= 4 is 11.7 Å². The Kier molecular flexibility index (Phi) is 5.28. The Morgan fingerprint density at radius 1 is 1.17 bits per heavy atom. The average molecular weight is 342 g/mol. The van der Waals surface area contributed by atoms with E-state index >= 15 is 0 Å². The van der Waals surface area contributed by atoms with Gasteiger partial charge >= 0.3 is 12.2 Å². The number of amides is 2. The largest absolute Gasteiger partial charge is 0.494 e. The highest BCUT2D eigenvalue weighted by Crippen LogP contribution is 2.29. The van der Waals surface area contributed by atoms with Crippen LogP contribution in [0.1, 0.15) is 11.1 Å². The Morgan fingerprint density at radius 2 is 1.92 bits per heavy atom. The minimum Gasteiger partial charge on any atom is -0.494 e. The zero-order valence-electron chi connectivity index (χ0n) is 12.6. The fraction of sp³-hybridized carbons (Fsp3) is 0.188. The minimum absolute atomic E-state index is 0.0323. The molecule has 2 aromatic rings. The fourth-order valence-corrected chi connectivity index (χ4v) is 1.96. The molecule has 0 atom stereocenters. The number of methoxy groups -OCH3 is 1. The second kappa shape index (κ2) is 7.20. The fourth-order valence-electron chi connectivity index (χ4n) is 1.96. The molecule has 2 rings (SSSR count). The Bertz CT molecular complexity index is 732. The highest BCUT2D eigenvalue weighted by atomic mass is 19.4. The molecule has 2 N–H and O–H groups in total. The summed E-state index contributed by atoms with van der Waals surface area (Å²) < 4.78 is 56.1. The normalized spacial score (nSPS) is 11.0. The maximum atomic E-state index is 13.5. The van der Waals surface area contributed by atoms with Crippen LogP contribution in [0.4, 0.5) is 28.0 Å². The molecule has 0 aromatic heterocycles. The van der Waals surface area contributed by atoms with Gasteiger partial charge in [-0.3, -0.25) is 0 Å². The van der Waals surface area contributed by atoms with E-state index in [2.05, 4.69) is 10.6 Å². The zero-order chi connectivity index (χ0) is 17.7. The molecule has 0 heterocycles. The lowest BCUT2D eigenvalue weighted by Gasteiger charge is -2.11. The smallest absolute Gasteiger partial charge is 0.416 e. The third kappa shape index (κ3) is 4.61. The molecule has 128 valence electrons. The van der Waals surface area contributed by atoms with Gasteiger partial charge in [-0.25, -0.2) is 9.18 Å². The lowest BCUT2D eigenvalue weighted by molar-refractivity contribution is -0.137. The van der Waals surface area contributed by atoms with Gasteiger partial charge in [0.15, 0.2) is 11.6 Å². The van der Waals surface area contributed by atoms with Crippen molar-refractivity contribution in [3.8, 4) is 5.75 Å². The number of ether oxygens (including phenoxy) is 1. The van der Waals surface area contributed by atoms with Gasteiger partial charge in [0.2, 0.25) is 0 Å². The SMILES string of the molecule is COc1ccc(NC(=O)NCc2cccc(C(F)(F)F)c2)cc1F. The van der Waals surface area contributed by atoms with Gasteiger partial charge in [-0.1, -0.05) is 12.1 Å². The maximum absolute atomic E-state index is 13.5. The van der Waals surface area contributed by atoms with E-state index in [1.165, 1.54) is 31.4 Å². The number of hydrogen-bond donors (Lipinski definition) is 2. The Morgan fingerprint density at radius 3 is 2.54 bits per heavy atom. The molecular weight excluding hydrogens is 328 g/mol. The van der Waals surface area contributed by atoms with Crippen molar-refractivity contribution in [2.24, 2.45) is 0 Å². The lowest BCUT2D eigenvalue weighted by Crippen LogP contribution is -2.28. The van der Waals surface area contributed by atoms with E-state index in [9.17, 15) is 22.4 Å². The maximum Gasteiger partial charge on any atom is 0.416 e. The summed E-state index contributed by atoms with van der Waals surface area (Å²) in [6.07, 6.45) is -4.45. The molecule has 0 saturated heterocycles. The standard InChI is InChI=1S/C16H14F4N2O2/c1-24-14-6-5-12(8-13(14)17)22-15(23)21-9-10-3-2-4-11(7-10)16(18,19)20/h2-8H,9H2,1H3,(H2,21,22,23). The van der Waals surface area contributed by atoms with E-state index in [0.29, 0.717) is 5.56 Å². The van der Waals surface area contributed by atoms with Gasteiger partial charge in [0.1, 0.15) is 0 Å². The second-order valence-corrected chi connectivity index (χ2v) is 4.86. The predicted octanol–water partition coefficient (Wildman–Crippen LogP) is 4.17. The summed E-state index contributed by atoms with van der Waals surface area (Å²) in [5.41, 5.74) is -0.310.